The van der Waals surface area contributed by atoms with E-state index in [2.05, 4.69) is 4.98 Å². The second-order valence-corrected chi connectivity index (χ2v) is 4.61. The molecule has 0 unspecified atom stereocenters. The van der Waals surface area contributed by atoms with Crippen molar-refractivity contribution in [2.45, 2.75) is 6.54 Å². The van der Waals surface area contributed by atoms with Crippen molar-refractivity contribution in [1.82, 2.24) is 9.55 Å². The van der Waals surface area contributed by atoms with E-state index in [1.54, 1.807) is 6.20 Å². The second-order valence-electron chi connectivity index (χ2n) is 4.61. The van der Waals surface area contributed by atoms with E-state index in [9.17, 15) is 0 Å². The molecule has 4 heteroatoms. The highest BCUT2D eigenvalue weighted by atomic mass is 16.5. The van der Waals surface area contributed by atoms with Gasteiger partial charge in [-0.2, -0.15) is 0 Å². The molecular formula is C17H16N2O2. The van der Waals surface area contributed by atoms with Gasteiger partial charge >= 0.3 is 0 Å². The number of ether oxygens (including phenoxy) is 1. The predicted molar refractivity (Wildman–Crippen MR) is 81.3 cm³/mol. The van der Waals surface area contributed by atoms with Crippen molar-refractivity contribution in [3.63, 3.8) is 0 Å². The lowest BCUT2D eigenvalue weighted by Gasteiger charge is -2.09. The van der Waals surface area contributed by atoms with Gasteiger partial charge < -0.3 is 14.4 Å². The molecule has 0 aliphatic heterocycles. The molecule has 4 nitrogen and oxygen atoms in total. The van der Waals surface area contributed by atoms with E-state index in [1.807, 2.05) is 65.4 Å². The van der Waals surface area contributed by atoms with E-state index < -0.39 is 0 Å². The minimum atomic E-state index is 0.0869. The molecule has 0 aliphatic carbocycles. The molecule has 2 aromatic carbocycles. The third-order valence-corrected chi connectivity index (χ3v) is 3.13. The van der Waals surface area contributed by atoms with Crippen LogP contribution in [0.3, 0.4) is 0 Å². The molecule has 0 spiro atoms. The Morgan fingerprint density at radius 2 is 1.81 bits per heavy atom. The Labute approximate surface area is 123 Å². The van der Waals surface area contributed by atoms with Gasteiger partial charge in [0.2, 0.25) is 0 Å². The van der Waals surface area contributed by atoms with Crippen LogP contribution in [0.5, 0.6) is 11.5 Å². The number of imidazole rings is 1. The number of benzene rings is 2. The van der Waals surface area contributed by atoms with Crippen LogP contribution >= 0.6 is 0 Å². The third kappa shape index (κ3) is 3.12. The molecule has 0 aliphatic rings. The summed E-state index contributed by atoms with van der Waals surface area (Å²) in [6.45, 7) is 0.614. The first-order valence-electron chi connectivity index (χ1n) is 6.82. The van der Waals surface area contributed by atoms with Crippen LogP contribution in [-0.2, 0) is 6.54 Å². The molecule has 0 saturated carbocycles. The second kappa shape index (κ2) is 6.24. The number of nitrogens with zero attached hydrogens (tertiary/aromatic N) is 2. The molecular weight excluding hydrogens is 264 g/mol. The first-order chi connectivity index (χ1) is 10.4. The number of hydrogen-bond donors (Lipinski definition) is 1. The molecule has 0 amide bonds. The Hall–Kier alpha value is -2.59. The maximum absolute atomic E-state index is 9.09. The van der Waals surface area contributed by atoms with Gasteiger partial charge in [0.05, 0.1) is 6.61 Å². The monoisotopic (exact) mass is 280 g/mol. The fraction of sp³-hybridized carbons (Fsp3) is 0.118. The zero-order valence-corrected chi connectivity index (χ0v) is 11.5. The lowest BCUT2D eigenvalue weighted by Crippen LogP contribution is -2.02. The summed E-state index contributed by atoms with van der Waals surface area (Å²) < 4.78 is 7.75. The Balaban J connectivity index is 1.88. The number of para-hydroxylation sites is 1. The standard InChI is InChI=1S/C17H16N2O2/c20-12-11-19-10-9-18-17(19)14-5-4-8-16(13-14)21-15-6-2-1-3-7-15/h1-10,13,20H,11-12H2. The lowest BCUT2D eigenvalue weighted by molar-refractivity contribution is 0.276. The van der Waals surface area contributed by atoms with Gasteiger partial charge in [-0.05, 0) is 24.3 Å². The van der Waals surface area contributed by atoms with E-state index in [1.165, 1.54) is 0 Å². The zero-order chi connectivity index (χ0) is 14.5. The summed E-state index contributed by atoms with van der Waals surface area (Å²) in [5.41, 5.74) is 0.960. The van der Waals surface area contributed by atoms with Crippen LogP contribution in [0.1, 0.15) is 0 Å². The summed E-state index contributed by atoms with van der Waals surface area (Å²) >= 11 is 0. The van der Waals surface area contributed by atoms with Gasteiger partial charge in [-0.15, -0.1) is 0 Å². The molecule has 3 rings (SSSR count). The summed E-state index contributed by atoms with van der Waals surface area (Å²) in [6, 6.07) is 17.4. The van der Waals surface area contributed by atoms with Gasteiger partial charge in [0.1, 0.15) is 17.3 Å². The summed E-state index contributed by atoms with van der Waals surface area (Å²) in [4.78, 5) is 4.35. The van der Waals surface area contributed by atoms with Crippen molar-refractivity contribution in [1.29, 1.82) is 0 Å². The van der Waals surface area contributed by atoms with Gasteiger partial charge in [-0.25, -0.2) is 4.98 Å². The van der Waals surface area contributed by atoms with Gasteiger partial charge in [0.15, 0.2) is 0 Å². The van der Waals surface area contributed by atoms with Crippen molar-refractivity contribution in [2.75, 3.05) is 6.61 Å². The molecule has 0 radical (unpaired) electrons. The molecule has 0 saturated heterocycles. The van der Waals surface area contributed by atoms with Crippen molar-refractivity contribution in [2.24, 2.45) is 0 Å². The summed E-state index contributed by atoms with van der Waals surface area (Å²) in [5.74, 6) is 2.38. The van der Waals surface area contributed by atoms with E-state index in [-0.39, 0.29) is 6.61 Å². The molecule has 1 N–H and O–H groups in total. The number of hydrogen-bond acceptors (Lipinski definition) is 3. The first kappa shape index (κ1) is 13.4. The molecule has 106 valence electrons. The van der Waals surface area contributed by atoms with Gasteiger partial charge in [0.25, 0.3) is 0 Å². The molecule has 1 heterocycles. The van der Waals surface area contributed by atoms with Crippen LogP contribution < -0.4 is 4.74 Å². The number of aromatic nitrogens is 2. The summed E-state index contributed by atoms with van der Waals surface area (Å²) in [6.07, 6.45) is 3.59. The van der Waals surface area contributed by atoms with Crippen molar-refractivity contribution in [3.05, 3.63) is 67.0 Å². The van der Waals surface area contributed by atoms with E-state index in [4.69, 9.17) is 9.84 Å². The smallest absolute Gasteiger partial charge is 0.140 e. The average Bonchev–Trinajstić information content (AvgIpc) is 2.97. The molecule has 0 bridgehead atoms. The summed E-state index contributed by atoms with van der Waals surface area (Å²) in [7, 11) is 0. The third-order valence-electron chi connectivity index (χ3n) is 3.13. The summed E-state index contributed by atoms with van der Waals surface area (Å²) in [5, 5.41) is 9.09. The highest BCUT2D eigenvalue weighted by molar-refractivity contribution is 5.58. The molecule has 0 atom stereocenters. The van der Waals surface area contributed by atoms with E-state index in [0.29, 0.717) is 6.54 Å². The molecule has 3 aromatic rings. The fourth-order valence-electron chi connectivity index (χ4n) is 2.18. The van der Waals surface area contributed by atoms with Gasteiger partial charge in [-0.3, -0.25) is 0 Å². The van der Waals surface area contributed by atoms with Crippen LogP contribution in [0, 0.1) is 0 Å². The van der Waals surface area contributed by atoms with Crippen molar-refractivity contribution >= 4 is 0 Å². The lowest BCUT2D eigenvalue weighted by atomic mass is 10.2. The Kier molecular flexibility index (Phi) is 3.98. The number of aliphatic hydroxyl groups excluding tert-OH is 1. The van der Waals surface area contributed by atoms with Crippen molar-refractivity contribution in [3.8, 4) is 22.9 Å². The molecule has 21 heavy (non-hydrogen) atoms. The van der Waals surface area contributed by atoms with E-state index in [0.717, 1.165) is 22.9 Å². The SMILES string of the molecule is OCCn1ccnc1-c1cccc(Oc2ccccc2)c1. The van der Waals surface area contributed by atoms with Crippen LogP contribution in [0.4, 0.5) is 0 Å². The maximum Gasteiger partial charge on any atom is 0.140 e. The predicted octanol–water partition coefficient (Wildman–Crippen LogP) is 3.33. The number of aliphatic hydroxyl groups is 1. The van der Waals surface area contributed by atoms with Gasteiger partial charge in [0, 0.05) is 24.5 Å². The minimum absolute atomic E-state index is 0.0869. The van der Waals surface area contributed by atoms with Crippen LogP contribution in [0.2, 0.25) is 0 Å². The minimum Gasteiger partial charge on any atom is -0.457 e. The quantitative estimate of drug-likeness (QED) is 0.779. The average molecular weight is 280 g/mol. The normalized spacial score (nSPS) is 10.5. The van der Waals surface area contributed by atoms with E-state index >= 15 is 0 Å². The van der Waals surface area contributed by atoms with Crippen LogP contribution in [-0.4, -0.2) is 21.3 Å². The highest BCUT2D eigenvalue weighted by Gasteiger charge is 2.07. The Bertz CT molecular complexity index is 708. The topological polar surface area (TPSA) is 47.3 Å². The first-order valence-corrected chi connectivity index (χ1v) is 6.82. The highest BCUT2D eigenvalue weighted by Crippen LogP contribution is 2.26. The molecule has 1 aromatic heterocycles. The Morgan fingerprint density at radius 3 is 2.62 bits per heavy atom. The maximum atomic E-state index is 9.09. The van der Waals surface area contributed by atoms with Gasteiger partial charge in [-0.1, -0.05) is 30.3 Å². The Morgan fingerprint density at radius 1 is 1.00 bits per heavy atom. The zero-order valence-electron chi connectivity index (χ0n) is 11.5. The fourth-order valence-corrected chi connectivity index (χ4v) is 2.18. The largest absolute Gasteiger partial charge is 0.457 e. The van der Waals surface area contributed by atoms with Crippen LogP contribution in [0.15, 0.2) is 67.0 Å². The van der Waals surface area contributed by atoms with Crippen molar-refractivity contribution < 1.29 is 9.84 Å². The number of rotatable bonds is 5. The molecule has 0 fully saturated rings. The van der Waals surface area contributed by atoms with Crippen LogP contribution in [0.25, 0.3) is 11.4 Å².